The Morgan fingerprint density at radius 1 is 1.11 bits per heavy atom. The molecule has 3 amide bonds. The van der Waals surface area contributed by atoms with Crippen LogP contribution in [0.1, 0.15) is 52.9 Å². The maximum atomic E-state index is 13.0. The van der Waals surface area contributed by atoms with E-state index in [9.17, 15) is 19.5 Å². The van der Waals surface area contributed by atoms with Crippen molar-refractivity contribution < 1.29 is 24.2 Å². The predicted octanol–water partition coefficient (Wildman–Crippen LogP) is 1.69. The van der Waals surface area contributed by atoms with Gasteiger partial charge in [-0.25, -0.2) is 9.59 Å². The van der Waals surface area contributed by atoms with Crippen LogP contribution in [-0.2, 0) is 14.3 Å². The fraction of sp³-hybridized carbons (Fsp3) is 0.850. The van der Waals surface area contributed by atoms with Crippen LogP contribution in [0, 0.1) is 11.3 Å². The highest BCUT2D eigenvalue weighted by Crippen LogP contribution is 2.51. The first-order valence-corrected chi connectivity index (χ1v) is 10.4. The molecule has 3 atom stereocenters. The molecule has 2 heterocycles. The monoisotopic (exact) mass is 395 g/mol. The molecular weight excluding hydrogens is 362 g/mol. The van der Waals surface area contributed by atoms with E-state index >= 15 is 0 Å². The number of hydrogen-bond donors (Lipinski definition) is 2. The number of rotatable bonds is 5. The lowest BCUT2D eigenvalue weighted by Gasteiger charge is -2.58. The third-order valence-corrected chi connectivity index (χ3v) is 6.91. The molecule has 3 unspecified atom stereocenters. The molecule has 1 saturated carbocycles. The van der Waals surface area contributed by atoms with Crippen molar-refractivity contribution in [1.82, 2.24) is 15.1 Å². The summed E-state index contributed by atoms with van der Waals surface area (Å²) in [6.07, 6.45) is 3.54. The van der Waals surface area contributed by atoms with Crippen molar-refractivity contribution in [3.05, 3.63) is 0 Å². The van der Waals surface area contributed by atoms with E-state index in [-0.39, 0.29) is 30.4 Å². The van der Waals surface area contributed by atoms with Crippen molar-refractivity contribution in [2.45, 2.75) is 64.5 Å². The van der Waals surface area contributed by atoms with Crippen LogP contribution < -0.4 is 5.32 Å². The third kappa shape index (κ3) is 3.47. The summed E-state index contributed by atoms with van der Waals surface area (Å²) in [7, 11) is 0. The maximum absolute atomic E-state index is 13.0. The van der Waals surface area contributed by atoms with Gasteiger partial charge in [0.25, 0.3) is 0 Å². The molecule has 8 heteroatoms. The largest absolute Gasteiger partial charge is 0.479 e. The molecule has 0 bridgehead atoms. The number of piperidine rings is 1. The van der Waals surface area contributed by atoms with Gasteiger partial charge in [0.05, 0.1) is 12.0 Å². The first kappa shape index (κ1) is 20.9. The molecule has 2 N–H and O–H groups in total. The smallest absolute Gasteiger partial charge is 0.330 e. The number of likely N-dealkylation sites (tertiary alicyclic amines) is 2. The fourth-order valence-corrected chi connectivity index (χ4v) is 4.82. The van der Waals surface area contributed by atoms with Crippen LogP contribution in [0.2, 0.25) is 0 Å². The minimum atomic E-state index is -1.33. The molecule has 3 fully saturated rings. The molecule has 0 aromatic rings. The number of amides is 3. The second-order valence-electron chi connectivity index (χ2n) is 8.83. The van der Waals surface area contributed by atoms with Crippen LogP contribution in [-0.4, -0.2) is 77.2 Å². The molecule has 2 saturated heterocycles. The van der Waals surface area contributed by atoms with Gasteiger partial charge in [-0.2, -0.15) is 0 Å². The standard InChI is InChI=1S/C20H33N3O5/c1-4-28-15-12-20(17(25)26,19(15,2)3)21-16(24)14-8-7-11-23(13-14)18(27)22-9-5-6-10-22/h14-15H,4-13H2,1-3H3,(H,21,24)(H,25,26). The van der Waals surface area contributed by atoms with Crippen molar-refractivity contribution in [2.24, 2.45) is 11.3 Å². The Bertz CT molecular complexity index is 631. The minimum Gasteiger partial charge on any atom is -0.479 e. The minimum absolute atomic E-state index is 0.00308. The lowest BCUT2D eigenvalue weighted by atomic mass is 9.54. The number of aliphatic carboxylic acids is 1. The molecule has 0 aromatic heterocycles. The fourth-order valence-electron chi connectivity index (χ4n) is 4.82. The van der Waals surface area contributed by atoms with Crippen molar-refractivity contribution in [2.75, 3.05) is 32.8 Å². The number of urea groups is 1. The van der Waals surface area contributed by atoms with Gasteiger partial charge in [0.1, 0.15) is 5.54 Å². The molecule has 3 aliphatic rings. The Balaban J connectivity index is 1.66. The predicted molar refractivity (Wildman–Crippen MR) is 103 cm³/mol. The van der Waals surface area contributed by atoms with Gasteiger partial charge in [0.2, 0.25) is 5.91 Å². The number of carboxylic acids is 1. The van der Waals surface area contributed by atoms with Crippen molar-refractivity contribution in [3.8, 4) is 0 Å². The number of nitrogens with one attached hydrogen (secondary N) is 1. The zero-order valence-electron chi connectivity index (χ0n) is 17.2. The Labute approximate surface area is 166 Å². The summed E-state index contributed by atoms with van der Waals surface area (Å²) in [6.45, 7) is 8.61. The number of nitrogens with zero attached hydrogens (tertiary/aromatic N) is 2. The third-order valence-electron chi connectivity index (χ3n) is 6.91. The number of carbonyl (C=O) groups is 3. The zero-order valence-corrected chi connectivity index (χ0v) is 17.2. The van der Waals surface area contributed by atoms with E-state index in [0.717, 1.165) is 32.4 Å². The Hall–Kier alpha value is -1.83. The highest BCUT2D eigenvalue weighted by Gasteiger charge is 2.66. The molecule has 2 aliphatic heterocycles. The second kappa shape index (κ2) is 7.89. The highest BCUT2D eigenvalue weighted by atomic mass is 16.5. The van der Waals surface area contributed by atoms with Crippen LogP contribution in [0.5, 0.6) is 0 Å². The van der Waals surface area contributed by atoms with Crippen LogP contribution in [0.4, 0.5) is 4.79 Å². The van der Waals surface area contributed by atoms with E-state index < -0.39 is 16.9 Å². The van der Waals surface area contributed by atoms with Crippen molar-refractivity contribution >= 4 is 17.9 Å². The van der Waals surface area contributed by atoms with E-state index in [1.54, 1.807) is 4.90 Å². The van der Waals surface area contributed by atoms with Gasteiger partial charge < -0.3 is 25.0 Å². The van der Waals surface area contributed by atoms with Gasteiger partial charge in [-0.3, -0.25) is 4.79 Å². The molecular formula is C20H33N3O5. The van der Waals surface area contributed by atoms with E-state index in [4.69, 9.17) is 4.74 Å². The number of carboxylic acid groups (broad SMARTS) is 1. The van der Waals surface area contributed by atoms with Gasteiger partial charge in [-0.05, 0) is 32.6 Å². The second-order valence-corrected chi connectivity index (χ2v) is 8.83. The van der Waals surface area contributed by atoms with E-state index in [2.05, 4.69) is 5.32 Å². The van der Waals surface area contributed by atoms with E-state index in [1.807, 2.05) is 25.7 Å². The molecule has 8 nitrogen and oxygen atoms in total. The first-order valence-electron chi connectivity index (χ1n) is 10.4. The summed E-state index contributed by atoms with van der Waals surface area (Å²) in [4.78, 5) is 41.3. The zero-order chi connectivity index (χ0) is 20.5. The molecule has 0 radical (unpaired) electrons. The molecule has 0 aromatic carbocycles. The molecule has 158 valence electrons. The molecule has 28 heavy (non-hydrogen) atoms. The van der Waals surface area contributed by atoms with Crippen LogP contribution in [0.25, 0.3) is 0 Å². The number of hydrogen-bond acceptors (Lipinski definition) is 4. The van der Waals surface area contributed by atoms with Gasteiger partial charge >= 0.3 is 12.0 Å². The summed E-state index contributed by atoms with van der Waals surface area (Å²) in [6, 6.07) is 0.00308. The molecule has 1 aliphatic carbocycles. The van der Waals surface area contributed by atoms with Crippen molar-refractivity contribution in [3.63, 3.8) is 0 Å². The van der Waals surface area contributed by atoms with Gasteiger partial charge in [0, 0.05) is 44.6 Å². The normalized spacial score (nSPS) is 32.0. The van der Waals surface area contributed by atoms with E-state index in [0.29, 0.717) is 26.1 Å². The average molecular weight is 396 g/mol. The molecule has 0 spiro atoms. The summed E-state index contributed by atoms with van der Waals surface area (Å²) < 4.78 is 5.66. The summed E-state index contributed by atoms with van der Waals surface area (Å²) >= 11 is 0. The Morgan fingerprint density at radius 2 is 1.75 bits per heavy atom. The van der Waals surface area contributed by atoms with Crippen LogP contribution in [0.3, 0.4) is 0 Å². The summed E-state index contributed by atoms with van der Waals surface area (Å²) in [5, 5.41) is 12.7. The summed E-state index contributed by atoms with van der Waals surface area (Å²) in [5.41, 5.74) is -2.03. The van der Waals surface area contributed by atoms with Crippen molar-refractivity contribution in [1.29, 1.82) is 0 Å². The maximum Gasteiger partial charge on any atom is 0.330 e. The van der Waals surface area contributed by atoms with Gasteiger partial charge in [-0.1, -0.05) is 13.8 Å². The summed E-state index contributed by atoms with van der Waals surface area (Å²) in [5.74, 6) is -1.68. The van der Waals surface area contributed by atoms with Crippen LogP contribution in [0.15, 0.2) is 0 Å². The first-order chi connectivity index (χ1) is 13.2. The van der Waals surface area contributed by atoms with Crippen LogP contribution >= 0.6 is 0 Å². The van der Waals surface area contributed by atoms with E-state index in [1.165, 1.54) is 0 Å². The Morgan fingerprint density at radius 3 is 2.32 bits per heavy atom. The lowest BCUT2D eigenvalue weighted by Crippen LogP contribution is -2.76. The van der Waals surface area contributed by atoms with Gasteiger partial charge in [-0.15, -0.1) is 0 Å². The molecule has 3 rings (SSSR count). The van der Waals surface area contributed by atoms with Gasteiger partial charge in [0.15, 0.2) is 0 Å². The number of ether oxygens (including phenoxy) is 1. The Kier molecular flexibility index (Phi) is 5.89. The quantitative estimate of drug-likeness (QED) is 0.738. The SMILES string of the molecule is CCOC1CC(NC(=O)C2CCCN(C(=O)N3CCCC3)C2)(C(=O)O)C1(C)C. The average Bonchev–Trinajstić information content (AvgIpc) is 3.20. The highest BCUT2D eigenvalue weighted by molar-refractivity contribution is 5.90. The topological polar surface area (TPSA) is 99.2 Å². The lowest BCUT2D eigenvalue weighted by molar-refractivity contribution is -0.195. The number of carbonyl (C=O) groups excluding carboxylic acids is 2.